The van der Waals surface area contributed by atoms with E-state index in [1.54, 1.807) is 24.3 Å². The van der Waals surface area contributed by atoms with E-state index in [2.05, 4.69) is 15.5 Å². The normalized spacial score (nSPS) is 14.2. The average molecular weight is 273 g/mol. The van der Waals surface area contributed by atoms with Gasteiger partial charge in [0, 0.05) is 12.7 Å². The molecule has 0 radical (unpaired) electrons. The van der Waals surface area contributed by atoms with Crippen LogP contribution in [0.2, 0.25) is 0 Å². The van der Waals surface area contributed by atoms with Gasteiger partial charge in [-0.05, 0) is 47.5 Å². The number of aromatic nitrogens is 4. The molecule has 1 aliphatic carbocycles. The molecule has 0 amide bonds. The Labute approximate surface area is 115 Å². The lowest BCUT2D eigenvalue weighted by Crippen LogP contribution is -2.20. The van der Waals surface area contributed by atoms with E-state index < -0.39 is 5.97 Å². The molecule has 2 aromatic rings. The molecule has 0 saturated heterocycles. The van der Waals surface area contributed by atoms with Gasteiger partial charge in [0.1, 0.15) is 0 Å². The first-order chi connectivity index (χ1) is 9.65. The minimum absolute atomic E-state index is 0.282. The Kier molecular flexibility index (Phi) is 3.09. The minimum Gasteiger partial charge on any atom is -0.478 e. The van der Waals surface area contributed by atoms with Gasteiger partial charge >= 0.3 is 5.97 Å². The summed E-state index contributed by atoms with van der Waals surface area (Å²) in [5.41, 5.74) is 1.21. The molecule has 0 aliphatic heterocycles. The van der Waals surface area contributed by atoms with E-state index >= 15 is 0 Å². The lowest BCUT2D eigenvalue weighted by molar-refractivity contribution is 0.0697. The van der Waals surface area contributed by atoms with E-state index in [4.69, 9.17) is 5.11 Å². The van der Waals surface area contributed by atoms with Crippen LogP contribution in [0, 0.1) is 0 Å². The number of anilines is 1. The molecule has 0 atom stereocenters. The summed E-state index contributed by atoms with van der Waals surface area (Å²) < 4.78 is 1.88. The molecule has 0 spiro atoms. The molecule has 1 saturated carbocycles. The molecular formula is C13H15N5O2. The fourth-order valence-corrected chi connectivity index (χ4v) is 2.08. The highest BCUT2D eigenvalue weighted by atomic mass is 16.4. The van der Waals surface area contributed by atoms with Gasteiger partial charge in [-0.25, -0.2) is 9.48 Å². The molecule has 1 aromatic heterocycles. The van der Waals surface area contributed by atoms with E-state index in [1.165, 1.54) is 0 Å². The summed E-state index contributed by atoms with van der Waals surface area (Å²) >= 11 is 0. The summed E-state index contributed by atoms with van der Waals surface area (Å²) in [5, 5.41) is 20.7. The molecule has 1 heterocycles. The number of nitrogens with zero attached hydrogens (tertiary/aromatic N) is 5. The molecule has 7 nitrogen and oxygen atoms in total. The predicted octanol–water partition coefficient (Wildman–Crippen LogP) is 1.34. The summed E-state index contributed by atoms with van der Waals surface area (Å²) in [6.45, 7) is 0.593. The SMILES string of the molecule is CN(Cc1nnnn1C1CC1)c1ccc(C(=O)O)cc1. The van der Waals surface area contributed by atoms with Crippen LogP contribution in [-0.4, -0.2) is 38.3 Å². The minimum atomic E-state index is -0.920. The third-order valence-corrected chi connectivity index (χ3v) is 3.39. The van der Waals surface area contributed by atoms with Crippen LogP contribution in [0.15, 0.2) is 24.3 Å². The Morgan fingerprint density at radius 1 is 1.40 bits per heavy atom. The number of hydrogen-bond donors (Lipinski definition) is 1. The van der Waals surface area contributed by atoms with E-state index in [0.29, 0.717) is 12.6 Å². The number of tetrazole rings is 1. The summed E-state index contributed by atoms with van der Waals surface area (Å²) in [5.74, 6) is -0.0887. The fraction of sp³-hybridized carbons (Fsp3) is 0.385. The van der Waals surface area contributed by atoms with Crippen molar-refractivity contribution in [3.63, 3.8) is 0 Å². The second-order valence-electron chi connectivity index (χ2n) is 4.98. The zero-order valence-corrected chi connectivity index (χ0v) is 11.1. The smallest absolute Gasteiger partial charge is 0.335 e. The summed E-state index contributed by atoms with van der Waals surface area (Å²) in [7, 11) is 1.93. The quantitative estimate of drug-likeness (QED) is 0.885. The van der Waals surface area contributed by atoms with E-state index in [9.17, 15) is 4.79 Å². The van der Waals surface area contributed by atoms with Crippen LogP contribution >= 0.6 is 0 Å². The second-order valence-corrected chi connectivity index (χ2v) is 4.98. The van der Waals surface area contributed by atoms with Gasteiger partial charge in [0.05, 0.1) is 18.2 Å². The summed E-state index contributed by atoms with van der Waals surface area (Å²) in [6, 6.07) is 7.21. The van der Waals surface area contributed by atoms with Crippen molar-refractivity contribution in [1.29, 1.82) is 0 Å². The highest BCUT2D eigenvalue weighted by Crippen LogP contribution is 2.34. The number of hydrogen-bond acceptors (Lipinski definition) is 5. The number of carbonyl (C=O) groups is 1. The summed E-state index contributed by atoms with van der Waals surface area (Å²) in [4.78, 5) is 12.8. The van der Waals surface area contributed by atoms with Gasteiger partial charge in [0.25, 0.3) is 0 Å². The van der Waals surface area contributed by atoms with Crippen molar-refractivity contribution >= 4 is 11.7 Å². The van der Waals surface area contributed by atoms with Crippen LogP contribution in [0.5, 0.6) is 0 Å². The Hall–Kier alpha value is -2.44. The van der Waals surface area contributed by atoms with Crippen molar-refractivity contribution in [2.24, 2.45) is 0 Å². The van der Waals surface area contributed by atoms with Crippen molar-refractivity contribution in [2.45, 2.75) is 25.4 Å². The first-order valence-electron chi connectivity index (χ1n) is 6.46. The van der Waals surface area contributed by atoms with Crippen LogP contribution in [0.1, 0.15) is 35.1 Å². The number of carboxylic acid groups (broad SMARTS) is 1. The van der Waals surface area contributed by atoms with Crippen LogP contribution in [0.25, 0.3) is 0 Å². The Bertz CT molecular complexity index is 618. The highest BCUT2D eigenvalue weighted by molar-refractivity contribution is 5.88. The van der Waals surface area contributed by atoms with Crippen molar-refractivity contribution in [3.8, 4) is 0 Å². The van der Waals surface area contributed by atoms with Crippen molar-refractivity contribution < 1.29 is 9.90 Å². The Balaban J connectivity index is 1.73. The van der Waals surface area contributed by atoms with Gasteiger partial charge in [-0.15, -0.1) is 5.10 Å². The third-order valence-electron chi connectivity index (χ3n) is 3.39. The Morgan fingerprint density at radius 3 is 2.70 bits per heavy atom. The van der Waals surface area contributed by atoms with Crippen molar-refractivity contribution in [1.82, 2.24) is 20.2 Å². The zero-order valence-electron chi connectivity index (χ0n) is 11.1. The maximum Gasteiger partial charge on any atom is 0.335 e. The number of benzene rings is 1. The molecule has 1 N–H and O–H groups in total. The standard InChI is InChI=1S/C13H15N5O2/c1-17(10-4-2-9(3-5-10)13(19)20)8-12-14-15-16-18(12)11-6-7-11/h2-5,11H,6-8H2,1H3,(H,19,20). The average Bonchev–Trinajstić information content (AvgIpc) is 3.19. The lowest BCUT2D eigenvalue weighted by atomic mass is 10.2. The molecule has 7 heteroatoms. The van der Waals surface area contributed by atoms with Gasteiger partial charge in [-0.2, -0.15) is 0 Å². The van der Waals surface area contributed by atoms with Gasteiger partial charge < -0.3 is 10.0 Å². The molecule has 0 bridgehead atoms. The maximum absolute atomic E-state index is 10.8. The molecule has 104 valence electrons. The molecular weight excluding hydrogens is 258 g/mol. The number of rotatable bonds is 5. The van der Waals surface area contributed by atoms with E-state index in [1.807, 2.05) is 16.6 Å². The molecule has 1 aliphatic rings. The molecule has 20 heavy (non-hydrogen) atoms. The monoisotopic (exact) mass is 273 g/mol. The topological polar surface area (TPSA) is 84.1 Å². The van der Waals surface area contributed by atoms with Gasteiger partial charge in [0.2, 0.25) is 0 Å². The largest absolute Gasteiger partial charge is 0.478 e. The predicted molar refractivity (Wildman–Crippen MR) is 71.6 cm³/mol. The highest BCUT2D eigenvalue weighted by Gasteiger charge is 2.27. The molecule has 0 unspecified atom stereocenters. The molecule has 1 fully saturated rings. The maximum atomic E-state index is 10.8. The first kappa shape index (κ1) is 12.6. The second kappa shape index (κ2) is 4.92. The van der Waals surface area contributed by atoms with Crippen LogP contribution in [0.4, 0.5) is 5.69 Å². The van der Waals surface area contributed by atoms with E-state index in [-0.39, 0.29) is 5.56 Å². The first-order valence-corrected chi connectivity index (χ1v) is 6.46. The van der Waals surface area contributed by atoms with Gasteiger partial charge in [-0.1, -0.05) is 0 Å². The zero-order chi connectivity index (χ0) is 14.1. The van der Waals surface area contributed by atoms with Gasteiger partial charge in [0.15, 0.2) is 5.82 Å². The Morgan fingerprint density at radius 2 is 2.10 bits per heavy atom. The molecule has 3 rings (SSSR count). The van der Waals surface area contributed by atoms with Gasteiger partial charge in [-0.3, -0.25) is 0 Å². The van der Waals surface area contributed by atoms with Crippen LogP contribution in [0.3, 0.4) is 0 Å². The van der Waals surface area contributed by atoms with Crippen molar-refractivity contribution in [2.75, 3.05) is 11.9 Å². The fourth-order valence-electron chi connectivity index (χ4n) is 2.08. The number of aromatic carboxylic acids is 1. The lowest BCUT2D eigenvalue weighted by Gasteiger charge is -2.18. The van der Waals surface area contributed by atoms with Crippen LogP contribution < -0.4 is 4.90 Å². The van der Waals surface area contributed by atoms with E-state index in [0.717, 1.165) is 24.4 Å². The molecule has 1 aromatic carbocycles. The van der Waals surface area contributed by atoms with Crippen LogP contribution in [-0.2, 0) is 6.54 Å². The third kappa shape index (κ3) is 2.47. The summed E-state index contributed by atoms with van der Waals surface area (Å²) in [6.07, 6.45) is 2.27. The van der Waals surface area contributed by atoms with Crippen molar-refractivity contribution in [3.05, 3.63) is 35.7 Å². The number of carboxylic acids is 1.